The topological polar surface area (TPSA) is 83.5 Å². The van der Waals surface area contributed by atoms with E-state index in [-0.39, 0.29) is 36.9 Å². The number of unbranched alkanes of at least 4 members (excludes halogenated alkanes) is 6. The number of hydrogen-bond acceptors (Lipinski definition) is 3. The van der Waals surface area contributed by atoms with Gasteiger partial charge in [-0.2, -0.15) is 8.42 Å². The molecule has 0 aliphatic heterocycles. The van der Waals surface area contributed by atoms with Crippen molar-refractivity contribution in [2.75, 3.05) is 0 Å². The van der Waals surface area contributed by atoms with Gasteiger partial charge in [0, 0.05) is 6.42 Å². The van der Waals surface area contributed by atoms with Crippen LogP contribution in [-0.2, 0) is 14.9 Å². The Kier molecular flexibility index (Phi) is 13.9. The zero-order valence-electron chi connectivity index (χ0n) is 13.3. The van der Waals surface area contributed by atoms with E-state index in [0.717, 1.165) is 19.3 Å². The zero-order chi connectivity index (χ0) is 14.0. The molecular weight excluding hydrogens is 277 g/mol. The molecule has 110 valence electrons. The van der Waals surface area contributed by atoms with Gasteiger partial charge in [0.05, 0.1) is 0 Å². The predicted octanol–water partition coefficient (Wildman–Crippen LogP) is -0.406. The van der Waals surface area contributed by atoms with Gasteiger partial charge in [0.15, 0.2) is 5.37 Å². The number of hydrogen-bond donors (Lipinski definition) is 2. The van der Waals surface area contributed by atoms with Gasteiger partial charge in [-0.3, -0.25) is 9.35 Å². The van der Waals surface area contributed by atoms with Crippen molar-refractivity contribution in [2.24, 2.45) is 0 Å². The molecule has 0 bridgehead atoms. The van der Waals surface area contributed by atoms with Crippen LogP contribution in [0.25, 0.3) is 0 Å². The maximum absolute atomic E-state index is 11.3. The van der Waals surface area contributed by atoms with E-state index in [9.17, 15) is 13.2 Å². The van der Waals surface area contributed by atoms with Gasteiger partial charge in [0.1, 0.15) is 0 Å². The predicted molar refractivity (Wildman–Crippen MR) is 72.9 cm³/mol. The number of carbonyl (C=O) groups excluding carboxylic acids is 1. The minimum atomic E-state index is -4.18. The average Bonchev–Trinajstić information content (AvgIpc) is 2.26. The second-order valence-corrected chi connectivity index (χ2v) is 6.33. The van der Waals surface area contributed by atoms with Crippen molar-refractivity contribution >= 4 is 16.0 Å². The molecule has 1 amide bonds. The number of amides is 1. The standard InChI is InChI=1S/C12H25NO4S.Na.H/c1-3-4-5-6-7-8-9-10-12(14)13-11(2)18(15,16)17;;/h11H,3-10H2,1-2H3,(H,13,14)(H,15,16,17);;/q;+1;-1. The maximum Gasteiger partial charge on any atom is 1.00 e. The zero-order valence-corrected chi connectivity index (χ0v) is 15.1. The summed E-state index contributed by atoms with van der Waals surface area (Å²) in [4.78, 5) is 11.3. The molecule has 0 aromatic carbocycles. The van der Waals surface area contributed by atoms with Crippen LogP contribution in [0.5, 0.6) is 0 Å². The van der Waals surface area contributed by atoms with E-state index >= 15 is 0 Å². The van der Waals surface area contributed by atoms with E-state index < -0.39 is 15.5 Å². The van der Waals surface area contributed by atoms with Crippen molar-refractivity contribution in [1.82, 2.24) is 5.32 Å². The molecule has 0 radical (unpaired) electrons. The number of rotatable bonds is 10. The fraction of sp³-hybridized carbons (Fsp3) is 0.917. The minimum absolute atomic E-state index is 0. The second-order valence-electron chi connectivity index (χ2n) is 4.60. The fourth-order valence-electron chi connectivity index (χ4n) is 1.62. The van der Waals surface area contributed by atoms with Crippen LogP contribution < -0.4 is 34.9 Å². The maximum atomic E-state index is 11.3. The molecule has 19 heavy (non-hydrogen) atoms. The summed E-state index contributed by atoms with van der Waals surface area (Å²) in [5.74, 6) is -0.325. The molecule has 0 saturated carbocycles. The Labute approximate surface area is 140 Å². The third-order valence-corrected chi connectivity index (χ3v) is 3.83. The summed E-state index contributed by atoms with van der Waals surface area (Å²) in [5.41, 5.74) is 0. The summed E-state index contributed by atoms with van der Waals surface area (Å²) >= 11 is 0. The quantitative estimate of drug-likeness (QED) is 0.327. The summed E-state index contributed by atoms with van der Waals surface area (Å²) in [6.07, 6.45) is 8.07. The Bertz CT molecular complexity index is 338. The molecule has 0 saturated heterocycles. The molecule has 0 aliphatic rings. The van der Waals surface area contributed by atoms with Crippen molar-refractivity contribution in [3.8, 4) is 0 Å². The van der Waals surface area contributed by atoms with Crippen molar-refractivity contribution in [3.05, 3.63) is 0 Å². The van der Waals surface area contributed by atoms with Gasteiger partial charge in [-0.05, 0) is 13.3 Å². The summed E-state index contributed by atoms with van der Waals surface area (Å²) in [5, 5.41) is 1.03. The molecule has 2 N–H and O–H groups in total. The summed E-state index contributed by atoms with van der Waals surface area (Å²) in [7, 11) is -4.18. The first-order valence-electron chi connectivity index (χ1n) is 6.63. The third kappa shape index (κ3) is 13.1. The van der Waals surface area contributed by atoms with Gasteiger partial charge in [-0.15, -0.1) is 0 Å². The molecule has 0 spiro atoms. The molecule has 0 aliphatic carbocycles. The van der Waals surface area contributed by atoms with E-state index in [2.05, 4.69) is 12.2 Å². The molecule has 0 fully saturated rings. The van der Waals surface area contributed by atoms with Crippen molar-refractivity contribution < 1.29 is 48.7 Å². The number of carbonyl (C=O) groups is 1. The van der Waals surface area contributed by atoms with Crippen molar-refractivity contribution in [2.45, 2.75) is 70.6 Å². The summed E-state index contributed by atoms with van der Waals surface area (Å²) in [6.45, 7) is 3.42. The minimum Gasteiger partial charge on any atom is -1.00 e. The van der Waals surface area contributed by atoms with Crippen molar-refractivity contribution in [3.63, 3.8) is 0 Å². The van der Waals surface area contributed by atoms with Gasteiger partial charge in [-0.25, -0.2) is 0 Å². The van der Waals surface area contributed by atoms with Crippen LogP contribution in [0.15, 0.2) is 0 Å². The van der Waals surface area contributed by atoms with E-state index in [1.165, 1.54) is 32.6 Å². The molecule has 0 aromatic heterocycles. The first-order valence-corrected chi connectivity index (χ1v) is 8.14. The summed E-state index contributed by atoms with van der Waals surface area (Å²) < 4.78 is 30.1. The first kappa shape index (κ1) is 21.7. The number of nitrogens with one attached hydrogen (secondary N) is 1. The Balaban J connectivity index is -0.00000144. The monoisotopic (exact) mass is 303 g/mol. The van der Waals surface area contributed by atoms with Crippen molar-refractivity contribution in [1.29, 1.82) is 0 Å². The molecule has 5 nitrogen and oxygen atoms in total. The first-order chi connectivity index (χ1) is 8.38. The molecule has 7 heteroatoms. The van der Waals surface area contributed by atoms with Crippen LogP contribution in [0, 0.1) is 0 Å². The van der Waals surface area contributed by atoms with Crippen LogP contribution in [0.1, 0.15) is 66.6 Å². The van der Waals surface area contributed by atoms with E-state index in [0.29, 0.717) is 6.42 Å². The van der Waals surface area contributed by atoms with E-state index in [4.69, 9.17) is 4.55 Å². The Morgan fingerprint density at radius 2 is 1.63 bits per heavy atom. The molecular formula is C12H26NNaO4S. The average molecular weight is 303 g/mol. The largest absolute Gasteiger partial charge is 1.00 e. The molecule has 1 unspecified atom stereocenters. The molecule has 0 aromatic rings. The fourth-order valence-corrected chi connectivity index (χ4v) is 1.90. The van der Waals surface area contributed by atoms with Gasteiger partial charge in [0.2, 0.25) is 5.91 Å². The van der Waals surface area contributed by atoms with Crippen LogP contribution in [0.4, 0.5) is 0 Å². The van der Waals surface area contributed by atoms with Crippen LogP contribution in [-0.4, -0.2) is 24.3 Å². The Morgan fingerprint density at radius 3 is 2.11 bits per heavy atom. The van der Waals surface area contributed by atoms with Gasteiger partial charge < -0.3 is 6.74 Å². The Hall–Kier alpha value is 0.380. The van der Waals surface area contributed by atoms with Crippen LogP contribution in [0.3, 0.4) is 0 Å². The second kappa shape index (κ2) is 12.1. The Morgan fingerprint density at radius 1 is 1.16 bits per heavy atom. The molecule has 1 atom stereocenters. The van der Waals surface area contributed by atoms with E-state index in [1.807, 2.05) is 0 Å². The normalized spacial score (nSPS) is 12.6. The molecule has 0 rings (SSSR count). The smallest absolute Gasteiger partial charge is 1.00 e. The van der Waals surface area contributed by atoms with Gasteiger partial charge in [-0.1, -0.05) is 45.4 Å². The SMILES string of the molecule is CCCCCCCCCC(=O)NC(C)S(=O)(=O)O.[H-].[Na+]. The van der Waals surface area contributed by atoms with Gasteiger partial charge in [0.25, 0.3) is 10.1 Å². The third-order valence-electron chi connectivity index (χ3n) is 2.82. The van der Waals surface area contributed by atoms with Gasteiger partial charge >= 0.3 is 29.6 Å². The van der Waals surface area contributed by atoms with Crippen LogP contribution in [0.2, 0.25) is 0 Å². The summed E-state index contributed by atoms with van der Waals surface area (Å²) in [6, 6.07) is 0. The molecule has 0 heterocycles. The van der Waals surface area contributed by atoms with E-state index in [1.54, 1.807) is 0 Å². The van der Waals surface area contributed by atoms with Crippen LogP contribution >= 0.6 is 0 Å².